The van der Waals surface area contributed by atoms with E-state index in [4.69, 9.17) is 17.0 Å². The van der Waals surface area contributed by atoms with Crippen molar-refractivity contribution in [3.05, 3.63) is 78.4 Å². The van der Waals surface area contributed by atoms with Gasteiger partial charge in [0, 0.05) is 24.2 Å². The maximum atomic E-state index is 12.9. The number of carbonyl (C=O) groups excluding carboxylic acids is 1. The molecule has 1 amide bonds. The molecule has 3 rings (SSSR count). The van der Waals surface area contributed by atoms with Gasteiger partial charge in [0.05, 0.1) is 12.0 Å². The lowest BCUT2D eigenvalue weighted by molar-refractivity contribution is -0.115. The molecule has 0 aliphatic carbocycles. The van der Waals surface area contributed by atoms with Crippen molar-refractivity contribution in [1.82, 2.24) is 15.3 Å². The fourth-order valence-corrected chi connectivity index (χ4v) is 3.74. The number of hydrogen-bond donors (Lipinski definition) is 3. The summed E-state index contributed by atoms with van der Waals surface area (Å²) in [6.45, 7) is 0. The molecule has 33 heavy (non-hydrogen) atoms. The van der Waals surface area contributed by atoms with Crippen LogP contribution in [-0.2, 0) is 14.8 Å². The Balaban J connectivity index is 1.58. The predicted octanol–water partition coefficient (Wildman–Crippen LogP) is 2.95. The van der Waals surface area contributed by atoms with E-state index < -0.39 is 15.9 Å². The quantitative estimate of drug-likeness (QED) is 0.344. The number of sulfonamides is 1. The molecule has 1 heterocycles. The maximum Gasteiger partial charge on any atom is 0.263 e. The second-order valence-corrected chi connectivity index (χ2v) is 8.46. The first-order valence-electron chi connectivity index (χ1n) is 9.30. The van der Waals surface area contributed by atoms with Crippen molar-refractivity contribution in [2.24, 2.45) is 0 Å². The largest absolute Gasteiger partial charge is 0.478 e. The van der Waals surface area contributed by atoms with Crippen LogP contribution in [0.15, 0.2) is 71.9 Å². The van der Waals surface area contributed by atoms with Crippen LogP contribution in [0.2, 0.25) is 0 Å². The summed E-state index contributed by atoms with van der Waals surface area (Å²) in [7, 11) is -2.59. The van der Waals surface area contributed by atoms with Gasteiger partial charge in [-0.25, -0.2) is 22.8 Å². The Morgan fingerprint density at radius 3 is 2.39 bits per heavy atom. The molecule has 3 aromatic rings. The van der Waals surface area contributed by atoms with Crippen molar-refractivity contribution < 1.29 is 22.3 Å². The van der Waals surface area contributed by atoms with Gasteiger partial charge < -0.3 is 10.1 Å². The highest BCUT2D eigenvalue weighted by Gasteiger charge is 2.18. The highest BCUT2D eigenvalue weighted by atomic mass is 32.2. The van der Waals surface area contributed by atoms with Crippen molar-refractivity contribution >= 4 is 50.8 Å². The lowest BCUT2D eigenvalue weighted by atomic mass is 10.2. The number of benzene rings is 2. The third kappa shape index (κ3) is 6.79. The first kappa shape index (κ1) is 23.8. The van der Waals surface area contributed by atoms with Crippen LogP contribution in [-0.4, -0.2) is 36.5 Å². The summed E-state index contributed by atoms with van der Waals surface area (Å²) in [5, 5.41) is 5.26. The number of hydrogen-bond acceptors (Lipinski definition) is 7. The smallest absolute Gasteiger partial charge is 0.263 e. The highest BCUT2D eigenvalue weighted by molar-refractivity contribution is 7.92. The first-order chi connectivity index (χ1) is 15.8. The van der Waals surface area contributed by atoms with Gasteiger partial charge in [-0.15, -0.1) is 0 Å². The third-order valence-corrected chi connectivity index (χ3v) is 5.60. The summed E-state index contributed by atoms with van der Waals surface area (Å²) < 4.78 is 45.4. The van der Waals surface area contributed by atoms with Gasteiger partial charge in [-0.2, -0.15) is 0 Å². The predicted molar refractivity (Wildman–Crippen MR) is 126 cm³/mol. The number of thiocarbonyl (C=S) groups is 1. The number of anilines is 2. The van der Waals surface area contributed by atoms with Crippen molar-refractivity contribution in [2.45, 2.75) is 4.90 Å². The minimum atomic E-state index is -3.94. The Bertz CT molecular complexity index is 1280. The summed E-state index contributed by atoms with van der Waals surface area (Å²) in [6, 6.07) is 11.3. The van der Waals surface area contributed by atoms with Crippen molar-refractivity contribution in [3.8, 4) is 5.88 Å². The molecule has 1 aromatic heterocycles. The molecule has 170 valence electrons. The monoisotopic (exact) mass is 487 g/mol. The second kappa shape index (κ2) is 10.6. The minimum absolute atomic E-state index is 0.0155. The Morgan fingerprint density at radius 2 is 1.73 bits per heavy atom. The number of rotatable bonds is 7. The van der Waals surface area contributed by atoms with Crippen LogP contribution in [0, 0.1) is 5.82 Å². The van der Waals surface area contributed by atoms with Crippen molar-refractivity contribution in [3.63, 3.8) is 0 Å². The molecule has 0 bridgehead atoms. The van der Waals surface area contributed by atoms with Crippen LogP contribution in [0.5, 0.6) is 5.88 Å². The minimum Gasteiger partial charge on any atom is -0.478 e. The third-order valence-electron chi connectivity index (χ3n) is 4.05. The Hall–Kier alpha value is -3.90. The molecular weight excluding hydrogens is 469 g/mol. The molecule has 0 saturated carbocycles. The normalized spacial score (nSPS) is 11.1. The van der Waals surface area contributed by atoms with Gasteiger partial charge in [-0.1, -0.05) is 12.1 Å². The van der Waals surface area contributed by atoms with Crippen LogP contribution in [0.4, 0.5) is 15.9 Å². The van der Waals surface area contributed by atoms with E-state index in [-0.39, 0.29) is 27.5 Å². The molecule has 0 spiro atoms. The van der Waals surface area contributed by atoms with E-state index >= 15 is 0 Å². The van der Waals surface area contributed by atoms with Gasteiger partial charge in [0.2, 0.25) is 11.7 Å². The van der Waals surface area contributed by atoms with Crippen LogP contribution >= 0.6 is 12.2 Å². The maximum absolute atomic E-state index is 12.9. The summed E-state index contributed by atoms with van der Waals surface area (Å²) in [6.07, 6.45) is 5.47. The van der Waals surface area contributed by atoms with Gasteiger partial charge in [-0.05, 0) is 60.3 Å². The molecule has 9 nitrogen and oxygen atoms in total. The molecule has 0 saturated heterocycles. The number of aromatic nitrogens is 2. The number of methoxy groups -OCH3 is 1. The summed E-state index contributed by atoms with van der Waals surface area (Å²) in [4.78, 5) is 19.8. The Morgan fingerprint density at radius 1 is 1.06 bits per heavy atom. The standard InChI is InChI=1S/C21H18FN5O4S2/c1-31-20-19(23-12-13-24-20)27-33(29,30)17-9-7-16(8-10-17)25-21(32)26-18(28)11-4-14-2-5-15(22)6-3-14/h2-13H,1H3,(H,23,27)(H2,25,26,28,32). The van der Waals surface area contributed by atoms with E-state index in [9.17, 15) is 17.6 Å². The number of ether oxygens (including phenoxy) is 1. The van der Waals surface area contributed by atoms with Gasteiger partial charge in [0.1, 0.15) is 5.82 Å². The fourth-order valence-electron chi connectivity index (χ4n) is 2.51. The summed E-state index contributed by atoms with van der Waals surface area (Å²) in [5.74, 6) is -0.864. The van der Waals surface area contributed by atoms with E-state index in [1.165, 1.54) is 80.2 Å². The molecule has 0 atom stereocenters. The molecule has 0 aliphatic rings. The molecule has 2 aromatic carbocycles. The van der Waals surface area contributed by atoms with Crippen molar-refractivity contribution in [1.29, 1.82) is 0 Å². The molecule has 0 fully saturated rings. The number of halogens is 1. The van der Waals surface area contributed by atoms with E-state index in [1.807, 2.05) is 0 Å². The van der Waals surface area contributed by atoms with Gasteiger partial charge in [0.25, 0.3) is 15.9 Å². The van der Waals surface area contributed by atoms with Gasteiger partial charge in [-0.3, -0.25) is 14.8 Å². The average molecular weight is 488 g/mol. The molecule has 0 unspecified atom stereocenters. The summed E-state index contributed by atoms with van der Waals surface area (Å²) in [5.41, 5.74) is 1.11. The number of nitrogens with one attached hydrogen (secondary N) is 3. The topological polar surface area (TPSA) is 122 Å². The van der Waals surface area contributed by atoms with E-state index in [0.29, 0.717) is 11.3 Å². The van der Waals surface area contributed by atoms with Gasteiger partial charge in [0.15, 0.2) is 5.11 Å². The van der Waals surface area contributed by atoms with Crippen molar-refractivity contribution in [2.75, 3.05) is 17.1 Å². The second-order valence-electron chi connectivity index (χ2n) is 6.37. The number of amides is 1. The van der Waals surface area contributed by atoms with Crippen LogP contribution in [0.25, 0.3) is 6.08 Å². The first-order valence-corrected chi connectivity index (χ1v) is 11.2. The number of carbonyl (C=O) groups is 1. The van der Waals surface area contributed by atoms with E-state index in [1.54, 1.807) is 0 Å². The zero-order chi connectivity index (χ0) is 23.8. The zero-order valence-electron chi connectivity index (χ0n) is 17.2. The number of nitrogens with zero attached hydrogens (tertiary/aromatic N) is 2. The molecule has 0 aliphatic heterocycles. The zero-order valence-corrected chi connectivity index (χ0v) is 18.8. The van der Waals surface area contributed by atoms with E-state index in [0.717, 1.165) is 0 Å². The van der Waals surface area contributed by atoms with Crippen LogP contribution in [0.1, 0.15) is 5.56 Å². The lowest BCUT2D eigenvalue weighted by Gasteiger charge is -2.11. The summed E-state index contributed by atoms with van der Waals surface area (Å²) >= 11 is 5.09. The van der Waals surface area contributed by atoms with Gasteiger partial charge >= 0.3 is 0 Å². The Labute approximate surface area is 194 Å². The van der Waals surface area contributed by atoms with Crippen LogP contribution < -0.4 is 20.1 Å². The molecule has 0 radical (unpaired) electrons. The fraction of sp³-hybridized carbons (Fsp3) is 0.0476. The molecule has 3 N–H and O–H groups in total. The highest BCUT2D eigenvalue weighted by Crippen LogP contribution is 2.22. The lowest BCUT2D eigenvalue weighted by Crippen LogP contribution is -2.32. The molecular formula is C21H18FN5O4S2. The Kier molecular flexibility index (Phi) is 7.64. The van der Waals surface area contributed by atoms with Crippen LogP contribution in [0.3, 0.4) is 0 Å². The SMILES string of the molecule is COc1nccnc1NS(=O)(=O)c1ccc(NC(=S)NC(=O)C=Cc2ccc(F)cc2)cc1. The van der Waals surface area contributed by atoms with E-state index in [2.05, 4.69) is 25.3 Å². The average Bonchev–Trinajstić information content (AvgIpc) is 2.79. The molecule has 12 heteroatoms.